The SMILES string of the molecule is c1csc(Nc2ccc(-n3cccn3)cc2)c1. The van der Waals surface area contributed by atoms with Crippen LogP contribution in [0.4, 0.5) is 10.7 Å². The molecule has 3 nitrogen and oxygen atoms in total. The smallest absolute Gasteiger partial charge is 0.0926 e. The Bertz CT molecular complexity index is 568. The quantitative estimate of drug-likeness (QED) is 0.758. The molecule has 0 fully saturated rings. The molecule has 0 saturated heterocycles. The second kappa shape index (κ2) is 4.43. The van der Waals surface area contributed by atoms with Crippen LogP contribution >= 0.6 is 11.3 Å². The van der Waals surface area contributed by atoms with E-state index < -0.39 is 0 Å². The number of rotatable bonds is 3. The molecule has 1 N–H and O–H groups in total. The van der Waals surface area contributed by atoms with Crippen molar-refractivity contribution in [3.8, 4) is 5.69 Å². The van der Waals surface area contributed by atoms with E-state index in [-0.39, 0.29) is 0 Å². The van der Waals surface area contributed by atoms with Gasteiger partial charge in [-0.05, 0) is 47.8 Å². The summed E-state index contributed by atoms with van der Waals surface area (Å²) in [5.41, 5.74) is 2.15. The first-order valence-electron chi connectivity index (χ1n) is 5.32. The lowest BCUT2D eigenvalue weighted by Crippen LogP contribution is -1.94. The van der Waals surface area contributed by atoms with Crippen LogP contribution in [0.1, 0.15) is 0 Å². The molecule has 0 aliphatic rings. The number of nitrogens with one attached hydrogen (secondary N) is 1. The fourth-order valence-electron chi connectivity index (χ4n) is 1.61. The average Bonchev–Trinajstić information content (AvgIpc) is 3.01. The third kappa shape index (κ3) is 2.21. The lowest BCUT2D eigenvalue weighted by molar-refractivity contribution is 0.881. The lowest BCUT2D eigenvalue weighted by atomic mass is 10.3. The predicted octanol–water partition coefficient (Wildman–Crippen LogP) is 3.68. The molecule has 0 amide bonds. The van der Waals surface area contributed by atoms with Gasteiger partial charge in [0, 0.05) is 18.1 Å². The molecule has 0 unspecified atom stereocenters. The van der Waals surface area contributed by atoms with Crippen molar-refractivity contribution in [2.24, 2.45) is 0 Å². The Morgan fingerprint density at radius 2 is 1.94 bits per heavy atom. The van der Waals surface area contributed by atoms with Gasteiger partial charge in [0.1, 0.15) is 0 Å². The van der Waals surface area contributed by atoms with Crippen LogP contribution in [0.5, 0.6) is 0 Å². The lowest BCUT2D eigenvalue weighted by Gasteiger charge is -2.05. The molecule has 0 aliphatic heterocycles. The Morgan fingerprint density at radius 3 is 2.59 bits per heavy atom. The van der Waals surface area contributed by atoms with E-state index >= 15 is 0 Å². The zero-order valence-electron chi connectivity index (χ0n) is 9.08. The van der Waals surface area contributed by atoms with Gasteiger partial charge in [-0.2, -0.15) is 5.10 Å². The Hall–Kier alpha value is -2.07. The van der Waals surface area contributed by atoms with Crippen molar-refractivity contribution >= 4 is 22.0 Å². The Balaban J connectivity index is 1.81. The first-order valence-corrected chi connectivity index (χ1v) is 6.20. The van der Waals surface area contributed by atoms with Gasteiger partial charge in [-0.3, -0.25) is 0 Å². The molecular formula is C13H11N3S. The van der Waals surface area contributed by atoms with E-state index in [1.54, 1.807) is 17.5 Å². The van der Waals surface area contributed by atoms with Gasteiger partial charge in [-0.1, -0.05) is 0 Å². The van der Waals surface area contributed by atoms with Crippen LogP contribution < -0.4 is 5.32 Å². The molecule has 1 aromatic carbocycles. The number of anilines is 2. The number of thiophene rings is 1. The number of hydrogen-bond acceptors (Lipinski definition) is 3. The van der Waals surface area contributed by atoms with E-state index in [4.69, 9.17) is 0 Å². The zero-order valence-corrected chi connectivity index (χ0v) is 9.89. The van der Waals surface area contributed by atoms with Crippen LogP contribution in [0.25, 0.3) is 5.69 Å². The minimum Gasteiger partial charge on any atom is -0.347 e. The summed E-state index contributed by atoms with van der Waals surface area (Å²) in [4.78, 5) is 0. The molecule has 17 heavy (non-hydrogen) atoms. The first-order chi connectivity index (χ1) is 8.42. The van der Waals surface area contributed by atoms with E-state index in [1.807, 2.05) is 35.1 Å². The van der Waals surface area contributed by atoms with Crippen molar-refractivity contribution < 1.29 is 0 Å². The molecule has 2 aromatic heterocycles. The summed E-state index contributed by atoms with van der Waals surface area (Å²) >= 11 is 1.69. The number of hydrogen-bond donors (Lipinski definition) is 1. The minimum absolute atomic E-state index is 1.06. The molecule has 0 atom stereocenters. The van der Waals surface area contributed by atoms with E-state index in [9.17, 15) is 0 Å². The van der Waals surface area contributed by atoms with Gasteiger partial charge in [0.25, 0.3) is 0 Å². The molecule has 0 bridgehead atoms. The van der Waals surface area contributed by atoms with Crippen molar-refractivity contribution in [2.75, 3.05) is 5.32 Å². The topological polar surface area (TPSA) is 29.9 Å². The molecule has 4 heteroatoms. The van der Waals surface area contributed by atoms with Gasteiger partial charge >= 0.3 is 0 Å². The van der Waals surface area contributed by atoms with Crippen LogP contribution in [0.15, 0.2) is 60.2 Å². The van der Waals surface area contributed by atoms with Crippen LogP contribution in [0, 0.1) is 0 Å². The summed E-state index contributed by atoms with van der Waals surface area (Å²) in [5.74, 6) is 0. The van der Waals surface area contributed by atoms with Gasteiger partial charge in [-0.15, -0.1) is 11.3 Å². The highest BCUT2D eigenvalue weighted by Gasteiger charge is 1.97. The molecule has 2 heterocycles. The van der Waals surface area contributed by atoms with Crippen LogP contribution in [-0.2, 0) is 0 Å². The van der Waals surface area contributed by atoms with Crippen LogP contribution in [-0.4, -0.2) is 9.78 Å². The monoisotopic (exact) mass is 241 g/mol. The fourth-order valence-corrected chi connectivity index (χ4v) is 2.25. The molecule has 0 aliphatic carbocycles. The van der Waals surface area contributed by atoms with Crippen LogP contribution in [0.3, 0.4) is 0 Å². The molecule has 3 aromatic rings. The number of benzene rings is 1. The van der Waals surface area contributed by atoms with E-state index in [1.165, 1.54) is 0 Å². The molecule has 3 rings (SSSR count). The largest absolute Gasteiger partial charge is 0.347 e. The predicted molar refractivity (Wildman–Crippen MR) is 71.2 cm³/mol. The molecule has 0 radical (unpaired) electrons. The van der Waals surface area contributed by atoms with Crippen molar-refractivity contribution in [2.45, 2.75) is 0 Å². The molecular weight excluding hydrogens is 230 g/mol. The maximum atomic E-state index is 4.19. The fraction of sp³-hybridized carbons (Fsp3) is 0. The molecule has 84 valence electrons. The summed E-state index contributed by atoms with van der Waals surface area (Å²) in [7, 11) is 0. The van der Waals surface area contributed by atoms with Gasteiger partial charge in [0.15, 0.2) is 0 Å². The highest BCUT2D eigenvalue weighted by molar-refractivity contribution is 7.14. The Labute approximate surface area is 103 Å². The summed E-state index contributed by atoms with van der Waals surface area (Å²) in [6, 6.07) is 14.2. The van der Waals surface area contributed by atoms with E-state index in [0.29, 0.717) is 0 Å². The van der Waals surface area contributed by atoms with Crippen molar-refractivity contribution in [3.63, 3.8) is 0 Å². The number of aromatic nitrogens is 2. The maximum Gasteiger partial charge on any atom is 0.0926 e. The summed E-state index contributed by atoms with van der Waals surface area (Å²) in [5, 5.41) is 10.7. The van der Waals surface area contributed by atoms with Gasteiger partial charge < -0.3 is 5.32 Å². The van der Waals surface area contributed by atoms with Crippen molar-refractivity contribution in [3.05, 3.63) is 60.2 Å². The third-order valence-electron chi connectivity index (χ3n) is 2.42. The highest BCUT2D eigenvalue weighted by Crippen LogP contribution is 2.22. The van der Waals surface area contributed by atoms with Gasteiger partial charge in [-0.25, -0.2) is 4.68 Å². The molecule has 0 saturated carbocycles. The second-order valence-electron chi connectivity index (χ2n) is 3.60. The minimum atomic E-state index is 1.06. The number of nitrogens with zero attached hydrogens (tertiary/aromatic N) is 2. The van der Waals surface area contributed by atoms with Gasteiger partial charge in [0.05, 0.1) is 10.7 Å². The average molecular weight is 241 g/mol. The van der Waals surface area contributed by atoms with Gasteiger partial charge in [0.2, 0.25) is 0 Å². The second-order valence-corrected chi connectivity index (χ2v) is 4.55. The van der Waals surface area contributed by atoms with Crippen molar-refractivity contribution in [1.82, 2.24) is 9.78 Å². The Morgan fingerprint density at radius 1 is 1.06 bits per heavy atom. The normalized spacial score (nSPS) is 10.4. The third-order valence-corrected chi connectivity index (χ3v) is 3.21. The highest BCUT2D eigenvalue weighted by atomic mass is 32.1. The zero-order chi connectivity index (χ0) is 11.5. The summed E-state index contributed by atoms with van der Waals surface area (Å²) < 4.78 is 1.84. The summed E-state index contributed by atoms with van der Waals surface area (Å²) in [6.45, 7) is 0. The summed E-state index contributed by atoms with van der Waals surface area (Å²) in [6.07, 6.45) is 3.71. The first kappa shape index (κ1) is 10.1. The van der Waals surface area contributed by atoms with Crippen molar-refractivity contribution in [1.29, 1.82) is 0 Å². The van der Waals surface area contributed by atoms with E-state index in [0.717, 1.165) is 16.4 Å². The van der Waals surface area contributed by atoms with E-state index in [2.05, 4.69) is 34.0 Å². The standard InChI is InChI=1S/C13H11N3S/c1-3-13(17-10-1)15-11-4-6-12(7-5-11)16-9-2-8-14-16/h1-10,15H. The molecule has 0 spiro atoms. The Kier molecular flexibility index (Phi) is 2.63. The maximum absolute atomic E-state index is 4.19. The van der Waals surface area contributed by atoms with Crippen LogP contribution in [0.2, 0.25) is 0 Å².